The predicted octanol–water partition coefficient (Wildman–Crippen LogP) is 3.42. The Morgan fingerprint density at radius 2 is 1.97 bits per heavy atom. The van der Waals surface area contributed by atoms with Crippen LogP contribution in [0.25, 0.3) is 11.1 Å². The molecule has 7 heteroatoms. The van der Waals surface area contributed by atoms with Crippen molar-refractivity contribution < 1.29 is 14.1 Å². The molecule has 0 radical (unpaired) electrons. The molecule has 1 N–H and O–H groups in total. The number of anilines is 1. The summed E-state index contributed by atoms with van der Waals surface area (Å²) >= 11 is 0. The van der Waals surface area contributed by atoms with Crippen molar-refractivity contribution in [2.45, 2.75) is 33.2 Å². The molecule has 1 aliphatic rings. The monoisotopic (exact) mass is 394 g/mol. The van der Waals surface area contributed by atoms with E-state index in [2.05, 4.69) is 44.6 Å². The second-order valence-electron chi connectivity index (χ2n) is 7.35. The summed E-state index contributed by atoms with van der Waals surface area (Å²) in [4.78, 5) is 19.8. The van der Waals surface area contributed by atoms with Crippen LogP contribution in [0.4, 0.5) is 5.69 Å². The molecule has 3 aromatic rings. The van der Waals surface area contributed by atoms with Crippen LogP contribution in [-0.2, 0) is 11.2 Å². The maximum absolute atomic E-state index is 13.0. The molecule has 1 aliphatic heterocycles. The zero-order valence-electron chi connectivity index (χ0n) is 17.1. The highest BCUT2D eigenvalue weighted by Crippen LogP contribution is 2.24. The SMILES string of the molecule is CCc1cc(C(=O)N[C@@H](C)c2ccc(N3CCOCC3)cc2)c2c(C)noc2n1. The molecule has 29 heavy (non-hydrogen) atoms. The largest absolute Gasteiger partial charge is 0.378 e. The summed E-state index contributed by atoms with van der Waals surface area (Å²) in [5.74, 6) is -0.150. The fraction of sp³-hybridized carbons (Fsp3) is 0.409. The molecular formula is C22H26N4O3. The van der Waals surface area contributed by atoms with E-state index in [4.69, 9.17) is 9.26 Å². The number of ether oxygens (including phenoxy) is 1. The van der Waals surface area contributed by atoms with Gasteiger partial charge in [-0.15, -0.1) is 0 Å². The van der Waals surface area contributed by atoms with Crippen molar-refractivity contribution in [2.75, 3.05) is 31.2 Å². The summed E-state index contributed by atoms with van der Waals surface area (Å²) in [6.45, 7) is 9.14. The minimum absolute atomic E-state index is 0.130. The summed E-state index contributed by atoms with van der Waals surface area (Å²) in [7, 11) is 0. The topological polar surface area (TPSA) is 80.5 Å². The van der Waals surface area contributed by atoms with Gasteiger partial charge in [-0.2, -0.15) is 0 Å². The van der Waals surface area contributed by atoms with Crippen LogP contribution in [-0.4, -0.2) is 42.4 Å². The number of hydrogen-bond acceptors (Lipinski definition) is 6. The number of aryl methyl sites for hydroxylation is 2. The number of pyridine rings is 1. The molecule has 0 saturated carbocycles. The van der Waals surface area contributed by atoms with Gasteiger partial charge < -0.3 is 19.5 Å². The summed E-state index contributed by atoms with van der Waals surface area (Å²) in [5.41, 5.74) is 4.68. The van der Waals surface area contributed by atoms with E-state index in [-0.39, 0.29) is 11.9 Å². The van der Waals surface area contributed by atoms with E-state index < -0.39 is 0 Å². The molecule has 1 atom stereocenters. The molecule has 3 heterocycles. The Bertz CT molecular complexity index is 1010. The van der Waals surface area contributed by atoms with Crippen LogP contribution in [0.2, 0.25) is 0 Å². The van der Waals surface area contributed by atoms with Crippen LogP contribution >= 0.6 is 0 Å². The number of aromatic nitrogens is 2. The van der Waals surface area contributed by atoms with Crippen LogP contribution in [0.5, 0.6) is 0 Å². The first-order valence-electron chi connectivity index (χ1n) is 10.1. The van der Waals surface area contributed by atoms with Gasteiger partial charge in [0.2, 0.25) is 0 Å². The van der Waals surface area contributed by atoms with Crippen molar-refractivity contribution >= 4 is 22.7 Å². The number of amides is 1. The van der Waals surface area contributed by atoms with Gasteiger partial charge in [0.05, 0.1) is 35.9 Å². The minimum atomic E-state index is -0.150. The Balaban J connectivity index is 1.52. The molecule has 1 amide bonds. The van der Waals surface area contributed by atoms with E-state index in [0.717, 1.165) is 37.6 Å². The van der Waals surface area contributed by atoms with Gasteiger partial charge in [0.15, 0.2) is 0 Å². The second kappa shape index (κ2) is 8.21. The molecule has 1 aromatic carbocycles. The molecule has 152 valence electrons. The maximum Gasteiger partial charge on any atom is 0.258 e. The molecule has 0 unspecified atom stereocenters. The number of nitrogens with zero attached hydrogens (tertiary/aromatic N) is 3. The third kappa shape index (κ3) is 3.96. The molecule has 0 aliphatic carbocycles. The number of hydrogen-bond donors (Lipinski definition) is 1. The van der Waals surface area contributed by atoms with Gasteiger partial charge in [-0.05, 0) is 44.0 Å². The van der Waals surface area contributed by atoms with E-state index >= 15 is 0 Å². The van der Waals surface area contributed by atoms with Gasteiger partial charge >= 0.3 is 0 Å². The number of carbonyl (C=O) groups is 1. The molecule has 1 saturated heterocycles. The van der Waals surface area contributed by atoms with Crippen LogP contribution < -0.4 is 10.2 Å². The number of morpholine rings is 1. The highest BCUT2D eigenvalue weighted by atomic mass is 16.5. The Hall–Kier alpha value is -2.93. The number of benzene rings is 1. The van der Waals surface area contributed by atoms with Crippen LogP contribution in [0, 0.1) is 6.92 Å². The summed E-state index contributed by atoms with van der Waals surface area (Å²) in [5, 5.41) is 7.75. The van der Waals surface area contributed by atoms with Gasteiger partial charge in [-0.1, -0.05) is 24.2 Å². The number of nitrogens with one attached hydrogen (secondary N) is 1. The molecule has 2 aromatic heterocycles. The zero-order chi connectivity index (χ0) is 20.4. The minimum Gasteiger partial charge on any atom is -0.378 e. The highest BCUT2D eigenvalue weighted by molar-refractivity contribution is 6.06. The zero-order valence-corrected chi connectivity index (χ0v) is 17.1. The first kappa shape index (κ1) is 19.4. The average Bonchev–Trinajstić information content (AvgIpc) is 3.14. The first-order valence-corrected chi connectivity index (χ1v) is 10.1. The molecule has 0 spiro atoms. The van der Waals surface area contributed by atoms with Crippen LogP contribution in [0.15, 0.2) is 34.9 Å². The van der Waals surface area contributed by atoms with Gasteiger partial charge in [-0.25, -0.2) is 4.98 Å². The van der Waals surface area contributed by atoms with Crippen molar-refractivity contribution in [3.63, 3.8) is 0 Å². The van der Waals surface area contributed by atoms with Crippen molar-refractivity contribution in [2.24, 2.45) is 0 Å². The Morgan fingerprint density at radius 1 is 1.24 bits per heavy atom. The van der Waals surface area contributed by atoms with Crippen molar-refractivity contribution in [1.82, 2.24) is 15.5 Å². The van der Waals surface area contributed by atoms with Gasteiger partial charge in [0, 0.05) is 24.5 Å². The fourth-order valence-corrected chi connectivity index (χ4v) is 3.66. The Kier molecular flexibility index (Phi) is 5.49. The lowest BCUT2D eigenvalue weighted by atomic mass is 10.0. The summed E-state index contributed by atoms with van der Waals surface area (Å²) in [6.07, 6.45) is 0.717. The molecule has 1 fully saturated rings. The third-order valence-corrected chi connectivity index (χ3v) is 5.39. The normalized spacial score (nSPS) is 15.5. The molecular weight excluding hydrogens is 368 g/mol. The Morgan fingerprint density at radius 3 is 2.66 bits per heavy atom. The van der Waals surface area contributed by atoms with E-state index in [9.17, 15) is 4.79 Å². The summed E-state index contributed by atoms with van der Waals surface area (Å²) in [6, 6.07) is 10.0. The standard InChI is InChI=1S/C22H26N4O3/c1-4-17-13-19(20-15(3)25-29-22(20)24-17)21(27)23-14(2)16-5-7-18(8-6-16)26-9-11-28-12-10-26/h5-8,13-14H,4,9-12H2,1-3H3,(H,23,27)/t14-/m0/s1. The molecule has 7 nitrogen and oxygen atoms in total. The van der Waals surface area contributed by atoms with Crippen molar-refractivity contribution in [3.05, 3.63) is 52.8 Å². The van der Waals surface area contributed by atoms with Gasteiger partial charge in [0.1, 0.15) is 0 Å². The quantitative estimate of drug-likeness (QED) is 0.714. The van der Waals surface area contributed by atoms with E-state index in [1.807, 2.05) is 26.8 Å². The number of fused-ring (bicyclic) bond motifs is 1. The van der Waals surface area contributed by atoms with E-state index in [0.29, 0.717) is 28.8 Å². The maximum atomic E-state index is 13.0. The predicted molar refractivity (Wildman–Crippen MR) is 111 cm³/mol. The smallest absolute Gasteiger partial charge is 0.258 e. The Labute approximate surface area is 170 Å². The lowest BCUT2D eigenvalue weighted by molar-refractivity contribution is 0.0941. The van der Waals surface area contributed by atoms with Crippen LogP contribution in [0.3, 0.4) is 0 Å². The van der Waals surface area contributed by atoms with Gasteiger partial charge in [0.25, 0.3) is 11.6 Å². The van der Waals surface area contributed by atoms with Crippen molar-refractivity contribution in [1.29, 1.82) is 0 Å². The molecule has 0 bridgehead atoms. The molecule has 4 rings (SSSR count). The lowest BCUT2D eigenvalue weighted by Gasteiger charge is -2.29. The lowest BCUT2D eigenvalue weighted by Crippen LogP contribution is -2.36. The summed E-state index contributed by atoms with van der Waals surface area (Å²) < 4.78 is 10.7. The number of rotatable bonds is 5. The third-order valence-electron chi connectivity index (χ3n) is 5.39. The van der Waals surface area contributed by atoms with Crippen LogP contribution in [0.1, 0.15) is 47.2 Å². The van der Waals surface area contributed by atoms with E-state index in [1.165, 1.54) is 5.69 Å². The van der Waals surface area contributed by atoms with Crippen molar-refractivity contribution in [3.8, 4) is 0 Å². The number of carbonyl (C=O) groups excluding carboxylic acids is 1. The highest BCUT2D eigenvalue weighted by Gasteiger charge is 2.20. The van der Waals surface area contributed by atoms with Gasteiger partial charge in [-0.3, -0.25) is 4.79 Å². The average molecular weight is 394 g/mol. The second-order valence-corrected chi connectivity index (χ2v) is 7.35. The fourth-order valence-electron chi connectivity index (χ4n) is 3.66. The van der Waals surface area contributed by atoms with E-state index in [1.54, 1.807) is 0 Å². The first-order chi connectivity index (χ1) is 14.1.